The fourth-order valence-electron chi connectivity index (χ4n) is 2.36. The monoisotopic (exact) mass is 302 g/mol. The third-order valence-electron chi connectivity index (χ3n) is 3.22. The van der Waals surface area contributed by atoms with Gasteiger partial charge in [0.2, 0.25) is 5.82 Å². The first-order chi connectivity index (χ1) is 9.81. The Morgan fingerprint density at radius 2 is 2.05 bits per heavy atom. The van der Waals surface area contributed by atoms with Gasteiger partial charge in [0, 0.05) is 25.7 Å². The minimum atomic E-state index is -4.48. The van der Waals surface area contributed by atoms with Crippen LogP contribution >= 0.6 is 0 Å². The summed E-state index contributed by atoms with van der Waals surface area (Å²) in [5, 5.41) is 19.0. The summed E-state index contributed by atoms with van der Waals surface area (Å²) >= 11 is 0. The molecule has 0 saturated carbocycles. The topological polar surface area (TPSA) is 69.8 Å². The SMILES string of the molecule is CC(C)NC(C#N)CN1CCn2c(nnc2C(F)(F)F)C1. The van der Waals surface area contributed by atoms with Gasteiger partial charge in [-0.05, 0) is 13.8 Å². The second kappa shape index (κ2) is 5.99. The fraction of sp³-hybridized carbons (Fsp3) is 0.750. The molecule has 0 radical (unpaired) electrons. The third-order valence-corrected chi connectivity index (χ3v) is 3.22. The number of nitriles is 1. The lowest BCUT2D eigenvalue weighted by Gasteiger charge is -2.29. The van der Waals surface area contributed by atoms with Crippen LogP contribution in [0.3, 0.4) is 0 Å². The van der Waals surface area contributed by atoms with Crippen molar-refractivity contribution in [2.75, 3.05) is 13.1 Å². The maximum Gasteiger partial charge on any atom is 0.451 e. The zero-order valence-electron chi connectivity index (χ0n) is 11.9. The molecule has 1 aromatic rings. The average Bonchev–Trinajstić information content (AvgIpc) is 2.80. The van der Waals surface area contributed by atoms with E-state index in [0.717, 1.165) is 4.57 Å². The molecule has 6 nitrogen and oxygen atoms in total. The van der Waals surface area contributed by atoms with Crippen LogP contribution < -0.4 is 5.32 Å². The summed E-state index contributed by atoms with van der Waals surface area (Å²) in [6, 6.07) is 1.97. The van der Waals surface area contributed by atoms with Crippen molar-refractivity contribution in [3.63, 3.8) is 0 Å². The number of halogens is 3. The fourth-order valence-corrected chi connectivity index (χ4v) is 2.36. The van der Waals surface area contributed by atoms with Crippen molar-refractivity contribution in [3.05, 3.63) is 11.6 Å². The number of aromatic nitrogens is 3. The minimum Gasteiger partial charge on any atom is -0.305 e. The summed E-state index contributed by atoms with van der Waals surface area (Å²) in [5.74, 6) is -0.663. The van der Waals surface area contributed by atoms with Crippen LogP contribution in [0.25, 0.3) is 0 Å². The minimum absolute atomic E-state index is 0.167. The van der Waals surface area contributed by atoms with Crippen molar-refractivity contribution in [2.45, 2.75) is 45.2 Å². The molecule has 0 aliphatic carbocycles. The lowest BCUT2D eigenvalue weighted by Crippen LogP contribution is -2.45. The molecule has 21 heavy (non-hydrogen) atoms. The van der Waals surface area contributed by atoms with Crippen LogP contribution in [-0.2, 0) is 19.3 Å². The molecule has 9 heteroatoms. The van der Waals surface area contributed by atoms with Crippen LogP contribution in [0.4, 0.5) is 13.2 Å². The highest BCUT2D eigenvalue weighted by Crippen LogP contribution is 2.29. The van der Waals surface area contributed by atoms with Crippen molar-refractivity contribution in [1.29, 1.82) is 5.26 Å². The Hall–Kier alpha value is -1.66. The molecule has 1 unspecified atom stereocenters. The molecule has 0 amide bonds. The number of fused-ring (bicyclic) bond motifs is 1. The molecular weight excluding hydrogens is 285 g/mol. The predicted octanol–water partition coefficient (Wildman–Crippen LogP) is 1.00. The number of hydrogen-bond acceptors (Lipinski definition) is 5. The number of nitrogens with zero attached hydrogens (tertiary/aromatic N) is 5. The van der Waals surface area contributed by atoms with E-state index in [2.05, 4.69) is 21.6 Å². The first kappa shape index (κ1) is 15.7. The first-order valence-corrected chi connectivity index (χ1v) is 6.68. The molecule has 116 valence electrons. The standard InChI is InChI=1S/C12H17F3N6/c1-8(2)17-9(5-16)6-20-3-4-21-10(7-20)18-19-11(21)12(13,14)15/h8-9,17H,3-4,6-7H2,1-2H3. The maximum absolute atomic E-state index is 12.7. The molecule has 1 aliphatic rings. The highest BCUT2D eigenvalue weighted by molar-refractivity contribution is 5.03. The van der Waals surface area contributed by atoms with Gasteiger partial charge in [-0.2, -0.15) is 18.4 Å². The summed E-state index contributed by atoms with van der Waals surface area (Å²) in [6.45, 7) is 5.20. The number of alkyl halides is 3. The maximum atomic E-state index is 12.7. The molecule has 0 bridgehead atoms. The van der Waals surface area contributed by atoms with Crippen LogP contribution in [0.15, 0.2) is 0 Å². The smallest absolute Gasteiger partial charge is 0.305 e. The zero-order valence-corrected chi connectivity index (χ0v) is 11.9. The van der Waals surface area contributed by atoms with E-state index in [1.54, 1.807) is 0 Å². The zero-order chi connectivity index (χ0) is 15.6. The van der Waals surface area contributed by atoms with E-state index in [1.807, 2.05) is 18.7 Å². The van der Waals surface area contributed by atoms with Gasteiger partial charge in [-0.25, -0.2) is 0 Å². The Kier molecular flexibility index (Phi) is 4.49. The van der Waals surface area contributed by atoms with Gasteiger partial charge < -0.3 is 4.57 Å². The van der Waals surface area contributed by atoms with Gasteiger partial charge in [0.1, 0.15) is 11.9 Å². The summed E-state index contributed by atoms with van der Waals surface area (Å²) < 4.78 is 39.3. The van der Waals surface area contributed by atoms with Gasteiger partial charge in [0.25, 0.3) is 0 Å². The van der Waals surface area contributed by atoms with Crippen molar-refractivity contribution < 1.29 is 13.2 Å². The van der Waals surface area contributed by atoms with Crippen LogP contribution in [0.2, 0.25) is 0 Å². The van der Waals surface area contributed by atoms with Gasteiger partial charge in [0.15, 0.2) is 0 Å². The molecule has 1 aliphatic heterocycles. The molecular formula is C12H17F3N6. The van der Waals surface area contributed by atoms with E-state index in [-0.39, 0.29) is 31.0 Å². The van der Waals surface area contributed by atoms with Gasteiger partial charge in [-0.3, -0.25) is 10.2 Å². The number of rotatable bonds is 4. The predicted molar refractivity (Wildman–Crippen MR) is 68.0 cm³/mol. The van der Waals surface area contributed by atoms with Gasteiger partial charge >= 0.3 is 6.18 Å². The average molecular weight is 302 g/mol. The van der Waals surface area contributed by atoms with E-state index in [0.29, 0.717) is 13.1 Å². The molecule has 1 N–H and O–H groups in total. The quantitative estimate of drug-likeness (QED) is 0.898. The van der Waals surface area contributed by atoms with E-state index < -0.39 is 12.0 Å². The van der Waals surface area contributed by atoms with Crippen LogP contribution in [0.5, 0.6) is 0 Å². The first-order valence-electron chi connectivity index (χ1n) is 6.68. The van der Waals surface area contributed by atoms with Crippen LogP contribution in [-0.4, -0.2) is 44.8 Å². The summed E-state index contributed by atoms with van der Waals surface area (Å²) in [7, 11) is 0. The number of nitrogens with one attached hydrogen (secondary N) is 1. The highest BCUT2D eigenvalue weighted by Gasteiger charge is 2.39. The molecule has 0 spiro atoms. The Balaban J connectivity index is 2.04. The Labute approximate surface area is 120 Å². The Morgan fingerprint density at radius 1 is 1.33 bits per heavy atom. The van der Waals surface area contributed by atoms with E-state index in [9.17, 15) is 13.2 Å². The van der Waals surface area contributed by atoms with Crippen LogP contribution in [0, 0.1) is 11.3 Å². The molecule has 0 aromatic carbocycles. The van der Waals surface area contributed by atoms with E-state index >= 15 is 0 Å². The molecule has 1 aromatic heterocycles. The molecule has 1 atom stereocenters. The lowest BCUT2D eigenvalue weighted by atomic mass is 10.2. The van der Waals surface area contributed by atoms with Gasteiger partial charge in [0.05, 0.1) is 12.6 Å². The molecule has 2 rings (SSSR count). The Bertz CT molecular complexity index is 530. The molecule has 2 heterocycles. The van der Waals surface area contributed by atoms with Gasteiger partial charge in [-0.1, -0.05) is 0 Å². The van der Waals surface area contributed by atoms with Crippen LogP contribution in [0.1, 0.15) is 25.5 Å². The van der Waals surface area contributed by atoms with Crippen molar-refractivity contribution in [3.8, 4) is 6.07 Å². The third kappa shape index (κ3) is 3.71. The van der Waals surface area contributed by atoms with Crippen molar-refractivity contribution in [2.24, 2.45) is 0 Å². The lowest BCUT2D eigenvalue weighted by molar-refractivity contribution is -0.148. The highest BCUT2D eigenvalue weighted by atomic mass is 19.4. The summed E-state index contributed by atoms with van der Waals surface area (Å²) in [4.78, 5) is 1.91. The molecule has 0 fully saturated rings. The van der Waals surface area contributed by atoms with Gasteiger partial charge in [-0.15, -0.1) is 10.2 Å². The summed E-state index contributed by atoms with van der Waals surface area (Å²) in [6.07, 6.45) is -4.48. The Morgan fingerprint density at radius 3 is 2.62 bits per heavy atom. The van der Waals surface area contributed by atoms with E-state index in [1.165, 1.54) is 0 Å². The number of hydrogen-bond donors (Lipinski definition) is 1. The largest absolute Gasteiger partial charge is 0.451 e. The summed E-state index contributed by atoms with van der Waals surface area (Å²) in [5.41, 5.74) is 0. The second-order valence-electron chi connectivity index (χ2n) is 5.33. The second-order valence-corrected chi connectivity index (χ2v) is 5.33. The van der Waals surface area contributed by atoms with E-state index in [4.69, 9.17) is 5.26 Å². The normalized spacial score (nSPS) is 17.6. The van der Waals surface area contributed by atoms with Crippen molar-refractivity contribution >= 4 is 0 Å². The van der Waals surface area contributed by atoms with Crippen molar-refractivity contribution in [1.82, 2.24) is 25.0 Å². The molecule has 0 saturated heterocycles.